The van der Waals surface area contributed by atoms with E-state index in [4.69, 9.17) is 4.84 Å². The first-order valence-electron chi connectivity index (χ1n) is 8.68. The number of hydroxylamine groups is 1. The Hall–Kier alpha value is -2.86. The first-order valence-corrected chi connectivity index (χ1v) is 8.68. The van der Waals surface area contributed by atoms with Crippen molar-refractivity contribution in [2.45, 2.75) is 18.4 Å². The molecule has 1 fully saturated rings. The van der Waals surface area contributed by atoms with Gasteiger partial charge in [-0.25, -0.2) is 9.18 Å². The maximum atomic E-state index is 13.7. The number of benzene rings is 2. The van der Waals surface area contributed by atoms with Gasteiger partial charge in [-0.15, -0.1) is 0 Å². The molecule has 2 aliphatic rings. The largest absolute Gasteiger partial charge is 0.324 e. The molecule has 1 saturated heterocycles. The topological polar surface area (TPSA) is 53.6 Å². The maximum Gasteiger partial charge on any atom is 0.321 e. The van der Waals surface area contributed by atoms with Crippen LogP contribution < -0.4 is 10.8 Å². The number of urea groups is 1. The van der Waals surface area contributed by atoms with Crippen molar-refractivity contribution in [3.63, 3.8) is 0 Å². The van der Waals surface area contributed by atoms with Gasteiger partial charge in [0.2, 0.25) is 0 Å². The minimum absolute atomic E-state index is 0.197. The van der Waals surface area contributed by atoms with E-state index < -0.39 is 11.4 Å². The van der Waals surface area contributed by atoms with E-state index in [-0.39, 0.29) is 11.7 Å². The molecule has 2 N–H and O–H groups in total. The van der Waals surface area contributed by atoms with Gasteiger partial charge in [-0.3, -0.25) is 10.3 Å². The van der Waals surface area contributed by atoms with Crippen molar-refractivity contribution in [3.8, 4) is 0 Å². The molecule has 134 valence electrons. The minimum Gasteiger partial charge on any atom is -0.324 e. The van der Waals surface area contributed by atoms with Gasteiger partial charge in [0, 0.05) is 25.9 Å². The molecule has 1 spiro atoms. The fourth-order valence-corrected chi connectivity index (χ4v) is 3.33. The second kappa shape index (κ2) is 6.80. The zero-order valence-corrected chi connectivity index (χ0v) is 14.2. The normalized spacial score (nSPS) is 18.3. The number of hydrogen-bond donors (Lipinski definition) is 2. The van der Waals surface area contributed by atoms with Crippen LogP contribution in [0.1, 0.15) is 18.4 Å². The molecule has 0 aromatic heterocycles. The van der Waals surface area contributed by atoms with Crippen LogP contribution in [0.15, 0.2) is 60.7 Å². The summed E-state index contributed by atoms with van der Waals surface area (Å²) >= 11 is 0. The first-order chi connectivity index (χ1) is 12.7. The summed E-state index contributed by atoms with van der Waals surface area (Å²) in [7, 11) is 0. The van der Waals surface area contributed by atoms with Crippen molar-refractivity contribution in [2.75, 3.05) is 18.4 Å². The van der Waals surface area contributed by atoms with Crippen LogP contribution in [-0.2, 0) is 4.84 Å². The molecule has 5 nitrogen and oxygen atoms in total. The molecule has 2 aromatic rings. The Bertz CT molecular complexity index is 830. The third-order valence-electron chi connectivity index (χ3n) is 4.87. The third-order valence-corrected chi connectivity index (χ3v) is 4.87. The second-order valence-electron chi connectivity index (χ2n) is 6.59. The number of halogens is 1. The van der Waals surface area contributed by atoms with Crippen molar-refractivity contribution in [1.29, 1.82) is 0 Å². The summed E-state index contributed by atoms with van der Waals surface area (Å²) < 4.78 is 13.7. The number of nitrogens with zero attached hydrogens (tertiary/aromatic N) is 1. The fraction of sp³-hybridized carbons (Fsp3) is 0.250. The third kappa shape index (κ3) is 3.28. The van der Waals surface area contributed by atoms with Gasteiger partial charge in [0.25, 0.3) is 0 Å². The van der Waals surface area contributed by atoms with Crippen LogP contribution in [-0.4, -0.2) is 29.6 Å². The molecule has 26 heavy (non-hydrogen) atoms. The van der Waals surface area contributed by atoms with Crippen LogP contribution in [0.3, 0.4) is 0 Å². The van der Waals surface area contributed by atoms with Crippen LogP contribution >= 0.6 is 0 Å². The zero-order chi connectivity index (χ0) is 18.0. The number of para-hydroxylation sites is 1. The molecule has 6 heteroatoms. The molecule has 0 bridgehead atoms. The fourth-order valence-electron chi connectivity index (χ4n) is 3.33. The van der Waals surface area contributed by atoms with E-state index >= 15 is 0 Å². The van der Waals surface area contributed by atoms with Crippen LogP contribution in [0, 0.1) is 5.82 Å². The predicted molar refractivity (Wildman–Crippen MR) is 97.6 cm³/mol. The van der Waals surface area contributed by atoms with Gasteiger partial charge in [-0.2, -0.15) is 0 Å². The van der Waals surface area contributed by atoms with Crippen LogP contribution in [0.25, 0.3) is 5.70 Å². The van der Waals surface area contributed by atoms with Gasteiger partial charge in [-0.1, -0.05) is 42.5 Å². The van der Waals surface area contributed by atoms with Crippen LogP contribution in [0.5, 0.6) is 0 Å². The van der Waals surface area contributed by atoms with Gasteiger partial charge in [0.15, 0.2) is 0 Å². The molecule has 0 unspecified atom stereocenters. The smallest absolute Gasteiger partial charge is 0.321 e. The number of amides is 2. The minimum atomic E-state index is -0.437. The molecule has 2 aliphatic heterocycles. The number of rotatable bonds is 2. The summed E-state index contributed by atoms with van der Waals surface area (Å²) in [5, 5.41) is 2.63. The highest BCUT2D eigenvalue weighted by atomic mass is 19.1. The Morgan fingerprint density at radius 3 is 2.50 bits per heavy atom. The lowest BCUT2D eigenvalue weighted by molar-refractivity contribution is -0.0634. The zero-order valence-electron chi connectivity index (χ0n) is 14.2. The Kier molecular flexibility index (Phi) is 4.34. The molecule has 0 atom stereocenters. The van der Waals surface area contributed by atoms with E-state index in [1.54, 1.807) is 23.1 Å². The molecule has 4 rings (SSSR count). The van der Waals surface area contributed by atoms with Crippen LogP contribution in [0.4, 0.5) is 14.9 Å². The van der Waals surface area contributed by atoms with E-state index in [9.17, 15) is 9.18 Å². The number of carbonyl (C=O) groups excluding carboxylic acids is 1. The van der Waals surface area contributed by atoms with Gasteiger partial charge in [-0.05, 0) is 23.8 Å². The average molecular weight is 353 g/mol. The summed E-state index contributed by atoms with van der Waals surface area (Å²) in [5.41, 5.74) is 4.84. The summed E-state index contributed by atoms with van der Waals surface area (Å²) in [6.45, 7) is 1.08. The van der Waals surface area contributed by atoms with Gasteiger partial charge >= 0.3 is 6.03 Å². The van der Waals surface area contributed by atoms with E-state index in [2.05, 4.69) is 16.9 Å². The molecule has 2 aromatic carbocycles. The van der Waals surface area contributed by atoms with E-state index in [0.29, 0.717) is 25.9 Å². The Morgan fingerprint density at radius 2 is 1.77 bits per heavy atom. The van der Waals surface area contributed by atoms with Crippen molar-refractivity contribution in [1.82, 2.24) is 10.4 Å². The second-order valence-corrected chi connectivity index (χ2v) is 6.59. The van der Waals surface area contributed by atoms with Crippen molar-refractivity contribution in [2.24, 2.45) is 0 Å². The highest BCUT2D eigenvalue weighted by molar-refractivity contribution is 5.89. The summed E-state index contributed by atoms with van der Waals surface area (Å²) in [6, 6.07) is 15.9. The van der Waals surface area contributed by atoms with Crippen molar-refractivity contribution >= 4 is 17.4 Å². The first kappa shape index (κ1) is 16.6. The van der Waals surface area contributed by atoms with E-state index in [0.717, 1.165) is 11.3 Å². The summed E-state index contributed by atoms with van der Waals surface area (Å²) in [4.78, 5) is 19.9. The molecule has 0 radical (unpaired) electrons. The van der Waals surface area contributed by atoms with Crippen LogP contribution in [0.2, 0.25) is 0 Å². The standard InChI is InChI=1S/C20H20FN3O2/c21-16-8-4-5-9-17(16)22-19(25)24-12-10-20(11-13-24)14-18(23-26-20)15-6-2-1-3-7-15/h1-9,14,23H,10-13H2,(H,22,25). The number of anilines is 1. The van der Waals surface area contributed by atoms with E-state index in [1.165, 1.54) is 6.07 Å². The number of likely N-dealkylation sites (tertiary alicyclic amines) is 1. The molecule has 0 aliphatic carbocycles. The molecule has 0 saturated carbocycles. The maximum absolute atomic E-state index is 13.7. The molecule has 2 heterocycles. The van der Waals surface area contributed by atoms with Gasteiger partial charge < -0.3 is 10.2 Å². The van der Waals surface area contributed by atoms with Gasteiger partial charge in [0.05, 0.1) is 11.4 Å². The highest BCUT2D eigenvalue weighted by Gasteiger charge is 2.39. The Balaban J connectivity index is 1.39. The lowest BCUT2D eigenvalue weighted by Crippen LogP contribution is -2.48. The Labute approximate surface area is 151 Å². The molecule has 2 amide bonds. The number of nitrogens with one attached hydrogen (secondary N) is 2. The van der Waals surface area contributed by atoms with Crippen molar-refractivity contribution < 1.29 is 14.0 Å². The molecular weight excluding hydrogens is 333 g/mol. The monoisotopic (exact) mass is 353 g/mol. The summed E-state index contributed by atoms with van der Waals surface area (Å²) in [5.74, 6) is -0.437. The lowest BCUT2D eigenvalue weighted by Gasteiger charge is -2.36. The van der Waals surface area contributed by atoms with Gasteiger partial charge in [0.1, 0.15) is 11.4 Å². The SMILES string of the molecule is O=C(Nc1ccccc1F)N1CCC2(C=C(c3ccccc3)NO2)CC1. The molecular formula is C20H20FN3O2. The summed E-state index contributed by atoms with van der Waals surface area (Å²) in [6.07, 6.45) is 3.47. The van der Waals surface area contributed by atoms with Crippen molar-refractivity contribution in [3.05, 3.63) is 72.1 Å². The number of carbonyl (C=O) groups is 1. The Morgan fingerprint density at radius 1 is 1.08 bits per heavy atom. The number of hydrogen-bond acceptors (Lipinski definition) is 3. The average Bonchev–Trinajstić information content (AvgIpc) is 3.08. The predicted octanol–water partition coefficient (Wildman–Crippen LogP) is 3.77. The number of piperidine rings is 1. The highest BCUT2D eigenvalue weighted by Crippen LogP contribution is 2.34. The van der Waals surface area contributed by atoms with E-state index in [1.807, 2.05) is 30.3 Å². The quantitative estimate of drug-likeness (QED) is 0.864. The lowest BCUT2D eigenvalue weighted by atomic mass is 9.90.